The van der Waals surface area contributed by atoms with Gasteiger partial charge in [-0.3, -0.25) is 0 Å². The second-order valence-electron chi connectivity index (χ2n) is 5.48. The van der Waals surface area contributed by atoms with Crippen LogP contribution in [0.15, 0.2) is 29.0 Å². The number of thiophene rings is 1. The zero-order chi connectivity index (χ0) is 16.7. The molecular formula is C18H23NO3S. The first-order chi connectivity index (χ1) is 11.1. The van der Waals surface area contributed by atoms with Crippen LogP contribution >= 0.6 is 11.3 Å². The molecule has 0 bridgehead atoms. The molecule has 0 saturated carbocycles. The second kappa shape index (κ2) is 8.70. The van der Waals surface area contributed by atoms with Crippen LogP contribution in [0.25, 0.3) is 0 Å². The highest BCUT2D eigenvalue weighted by Gasteiger charge is 2.09. The maximum atomic E-state index is 11.2. The monoisotopic (exact) mass is 333 g/mol. The van der Waals surface area contributed by atoms with E-state index in [4.69, 9.17) is 4.74 Å². The van der Waals surface area contributed by atoms with Gasteiger partial charge in [0, 0.05) is 6.54 Å². The van der Waals surface area contributed by atoms with Crippen LogP contribution < -0.4 is 10.1 Å². The van der Waals surface area contributed by atoms with Crippen LogP contribution in [0, 0.1) is 13.8 Å². The van der Waals surface area contributed by atoms with E-state index >= 15 is 0 Å². The molecule has 1 heterocycles. The highest BCUT2D eigenvalue weighted by atomic mass is 32.1. The van der Waals surface area contributed by atoms with Crippen molar-refractivity contribution in [3.8, 4) is 5.75 Å². The molecule has 1 aromatic carbocycles. The number of hydrogen-bond acceptors (Lipinski definition) is 5. The van der Waals surface area contributed by atoms with Crippen molar-refractivity contribution in [3.05, 3.63) is 51.2 Å². The number of carbonyl (C=O) groups is 1. The number of rotatable bonds is 8. The fourth-order valence-corrected chi connectivity index (χ4v) is 3.16. The number of hydrogen-bond donors (Lipinski definition) is 1. The molecular weight excluding hydrogens is 310 g/mol. The molecule has 2 aromatic rings. The molecule has 0 fully saturated rings. The standard InChI is InChI=1S/C18H23NO3S/c1-13-8-16(10-19-6-4-15-5-7-23-12-15)9-14(2)18(13)22-11-17(20)21-3/h5,7-9,12,19H,4,6,10-11H2,1-3H3. The van der Waals surface area contributed by atoms with E-state index in [0.29, 0.717) is 0 Å². The van der Waals surface area contributed by atoms with Crippen LogP contribution in [-0.4, -0.2) is 26.2 Å². The molecule has 5 heteroatoms. The summed E-state index contributed by atoms with van der Waals surface area (Å²) in [6.45, 7) is 5.71. The summed E-state index contributed by atoms with van der Waals surface area (Å²) < 4.78 is 10.2. The summed E-state index contributed by atoms with van der Waals surface area (Å²) in [7, 11) is 1.36. The molecule has 0 aliphatic heterocycles. The SMILES string of the molecule is COC(=O)COc1c(C)cc(CNCCc2ccsc2)cc1C. The summed E-state index contributed by atoms with van der Waals surface area (Å²) in [6, 6.07) is 6.35. The predicted molar refractivity (Wildman–Crippen MR) is 93.2 cm³/mol. The molecule has 124 valence electrons. The van der Waals surface area contributed by atoms with E-state index in [2.05, 4.69) is 39.0 Å². The Balaban J connectivity index is 1.87. The smallest absolute Gasteiger partial charge is 0.343 e. The van der Waals surface area contributed by atoms with E-state index in [1.165, 1.54) is 18.2 Å². The molecule has 0 aliphatic carbocycles. The molecule has 2 rings (SSSR count). The number of methoxy groups -OCH3 is 1. The van der Waals surface area contributed by atoms with Crippen LogP contribution in [-0.2, 0) is 22.5 Å². The van der Waals surface area contributed by atoms with Gasteiger partial charge < -0.3 is 14.8 Å². The number of esters is 1. The maximum absolute atomic E-state index is 11.2. The topological polar surface area (TPSA) is 47.6 Å². The first kappa shape index (κ1) is 17.5. The zero-order valence-electron chi connectivity index (χ0n) is 13.8. The Morgan fingerprint density at radius 3 is 2.57 bits per heavy atom. The Bertz CT molecular complexity index is 615. The van der Waals surface area contributed by atoms with Crippen molar-refractivity contribution >= 4 is 17.3 Å². The van der Waals surface area contributed by atoms with Crippen molar-refractivity contribution in [2.45, 2.75) is 26.8 Å². The molecule has 0 atom stereocenters. The van der Waals surface area contributed by atoms with E-state index in [-0.39, 0.29) is 12.6 Å². The van der Waals surface area contributed by atoms with Gasteiger partial charge in [0.05, 0.1) is 7.11 Å². The minimum atomic E-state index is -0.372. The molecule has 1 N–H and O–H groups in total. The van der Waals surface area contributed by atoms with Crippen LogP contribution in [0.3, 0.4) is 0 Å². The van der Waals surface area contributed by atoms with Gasteiger partial charge in [-0.25, -0.2) is 4.79 Å². The Labute approximate surface area is 141 Å². The van der Waals surface area contributed by atoms with Gasteiger partial charge in [-0.2, -0.15) is 11.3 Å². The van der Waals surface area contributed by atoms with Crippen molar-refractivity contribution in [1.82, 2.24) is 5.32 Å². The van der Waals surface area contributed by atoms with E-state index < -0.39 is 0 Å². The third-order valence-corrected chi connectivity index (χ3v) is 4.31. The third kappa shape index (κ3) is 5.37. The van der Waals surface area contributed by atoms with Crippen molar-refractivity contribution in [2.24, 2.45) is 0 Å². The van der Waals surface area contributed by atoms with E-state index in [1.54, 1.807) is 11.3 Å². The number of carbonyl (C=O) groups excluding carboxylic acids is 1. The second-order valence-corrected chi connectivity index (χ2v) is 6.26. The van der Waals surface area contributed by atoms with Crippen LogP contribution in [0.1, 0.15) is 22.3 Å². The van der Waals surface area contributed by atoms with E-state index in [9.17, 15) is 4.79 Å². The Morgan fingerprint density at radius 1 is 1.22 bits per heavy atom. The van der Waals surface area contributed by atoms with E-state index in [1.807, 2.05) is 13.8 Å². The minimum Gasteiger partial charge on any atom is -0.481 e. The number of ether oxygens (including phenoxy) is 2. The molecule has 0 radical (unpaired) electrons. The van der Waals surface area contributed by atoms with Gasteiger partial charge in [0.2, 0.25) is 0 Å². The van der Waals surface area contributed by atoms with Crippen LogP contribution in [0.4, 0.5) is 0 Å². The van der Waals surface area contributed by atoms with Crippen LogP contribution in [0.2, 0.25) is 0 Å². The van der Waals surface area contributed by atoms with Crippen molar-refractivity contribution in [3.63, 3.8) is 0 Å². The Morgan fingerprint density at radius 2 is 1.96 bits per heavy atom. The molecule has 4 nitrogen and oxygen atoms in total. The number of aryl methyl sites for hydroxylation is 2. The molecule has 1 aromatic heterocycles. The highest BCUT2D eigenvalue weighted by molar-refractivity contribution is 7.07. The van der Waals surface area contributed by atoms with Crippen molar-refractivity contribution in [1.29, 1.82) is 0 Å². The average Bonchev–Trinajstić information content (AvgIpc) is 3.03. The lowest BCUT2D eigenvalue weighted by Gasteiger charge is -2.14. The lowest BCUT2D eigenvalue weighted by atomic mass is 10.1. The summed E-state index contributed by atoms with van der Waals surface area (Å²) >= 11 is 1.73. The van der Waals surface area contributed by atoms with E-state index in [0.717, 1.165) is 36.4 Å². The predicted octanol–water partition coefficient (Wildman–Crippen LogP) is 3.25. The summed E-state index contributed by atoms with van der Waals surface area (Å²) in [5.41, 5.74) is 4.66. The maximum Gasteiger partial charge on any atom is 0.343 e. The molecule has 23 heavy (non-hydrogen) atoms. The minimum absolute atomic E-state index is 0.0591. The molecule has 0 saturated heterocycles. The lowest BCUT2D eigenvalue weighted by molar-refractivity contribution is -0.142. The third-order valence-electron chi connectivity index (χ3n) is 3.58. The molecule has 0 aliphatic rings. The molecule has 0 amide bonds. The van der Waals surface area contributed by atoms with Crippen molar-refractivity contribution in [2.75, 3.05) is 20.3 Å². The summed E-state index contributed by atoms with van der Waals surface area (Å²) in [6.07, 6.45) is 1.04. The fourth-order valence-electron chi connectivity index (χ4n) is 2.46. The zero-order valence-corrected chi connectivity index (χ0v) is 14.7. The Kier molecular flexibility index (Phi) is 6.62. The molecule has 0 unspecified atom stereocenters. The largest absolute Gasteiger partial charge is 0.481 e. The lowest BCUT2D eigenvalue weighted by Crippen LogP contribution is -2.17. The number of benzene rings is 1. The first-order valence-corrected chi connectivity index (χ1v) is 8.56. The summed E-state index contributed by atoms with van der Waals surface area (Å²) in [4.78, 5) is 11.2. The average molecular weight is 333 g/mol. The first-order valence-electron chi connectivity index (χ1n) is 7.61. The Hall–Kier alpha value is -1.85. The highest BCUT2D eigenvalue weighted by Crippen LogP contribution is 2.24. The van der Waals surface area contributed by atoms with Gasteiger partial charge in [0.15, 0.2) is 6.61 Å². The van der Waals surface area contributed by atoms with Gasteiger partial charge in [-0.1, -0.05) is 12.1 Å². The quantitative estimate of drug-likeness (QED) is 0.595. The summed E-state index contributed by atoms with van der Waals surface area (Å²) in [5, 5.41) is 7.75. The van der Waals surface area contributed by atoms with Gasteiger partial charge in [0.1, 0.15) is 5.75 Å². The van der Waals surface area contributed by atoms with Gasteiger partial charge in [-0.15, -0.1) is 0 Å². The van der Waals surface area contributed by atoms with Gasteiger partial charge in [-0.05, 0) is 65.9 Å². The summed E-state index contributed by atoms with van der Waals surface area (Å²) in [5.74, 6) is 0.389. The number of nitrogens with one attached hydrogen (secondary N) is 1. The van der Waals surface area contributed by atoms with Crippen LogP contribution in [0.5, 0.6) is 5.75 Å². The van der Waals surface area contributed by atoms with Crippen molar-refractivity contribution < 1.29 is 14.3 Å². The fraction of sp³-hybridized carbons (Fsp3) is 0.389. The molecule has 0 spiro atoms. The van der Waals surface area contributed by atoms with Gasteiger partial charge in [0.25, 0.3) is 0 Å². The van der Waals surface area contributed by atoms with Gasteiger partial charge >= 0.3 is 5.97 Å². The normalized spacial score (nSPS) is 10.6.